The third kappa shape index (κ3) is 5.53. The van der Waals surface area contributed by atoms with E-state index in [1.54, 1.807) is 0 Å². The Labute approximate surface area is 200 Å². The summed E-state index contributed by atoms with van der Waals surface area (Å²) >= 11 is 0. The van der Waals surface area contributed by atoms with E-state index in [0.717, 1.165) is 30.3 Å². The van der Waals surface area contributed by atoms with E-state index in [9.17, 15) is 9.59 Å². The quantitative estimate of drug-likeness (QED) is 0.507. The molecule has 34 heavy (non-hydrogen) atoms. The lowest BCUT2D eigenvalue weighted by atomic mass is 9.95. The molecule has 4 rings (SSSR count). The van der Waals surface area contributed by atoms with Crippen molar-refractivity contribution in [1.82, 2.24) is 19.5 Å². The summed E-state index contributed by atoms with van der Waals surface area (Å²) in [5.74, 6) is 0.843. The van der Waals surface area contributed by atoms with Gasteiger partial charge in [0.05, 0.1) is 23.7 Å². The van der Waals surface area contributed by atoms with E-state index >= 15 is 0 Å². The second kappa shape index (κ2) is 11.4. The van der Waals surface area contributed by atoms with Gasteiger partial charge < -0.3 is 9.30 Å². The van der Waals surface area contributed by atoms with Crippen molar-refractivity contribution in [2.24, 2.45) is 5.92 Å². The molecule has 182 valence electrons. The molecule has 0 bridgehead atoms. The second-order valence-corrected chi connectivity index (χ2v) is 8.52. The first-order valence-corrected chi connectivity index (χ1v) is 12.3. The largest absolute Gasteiger partial charge is 0.376 e. The van der Waals surface area contributed by atoms with Gasteiger partial charge in [0.2, 0.25) is 0 Å². The van der Waals surface area contributed by atoms with Crippen LogP contribution in [0.4, 0.5) is 0 Å². The number of fused-ring (bicyclic) bond motifs is 2. The molecule has 2 unspecified atom stereocenters. The Morgan fingerprint density at radius 1 is 1.21 bits per heavy atom. The molecule has 0 saturated carbocycles. The lowest BCUT2D eigenvalue weighted by molar-refractivity contribution is 0.0521. The van der Waals surface area contributed by atoms with Crippen LogP contribution in [-0.2, 0) is 17.7 Å². The van der Waals surface area contributed by atoms with E-state index < -0.39 is 11.2 Å². The second-order valence-electron chi connectivity index (χ2n) is 8.52. The zero-order valence-electron chi connectivity index (χ0n) is 21.1. The number of hydrogen-bond donors (Lipinski definition) is 1. The molecule has 0 spiro atoms. The van der Waals surface area contributed by atoms with Gasteiger partial charge in [-0.1, -0.05) is 45.9 Å². The van der Waals surface area contributed by atoms with Crippen LogP contribution < -0.4 is 11.2 Å². The number of aromatic nitrogens is 4. The molecule has 2 heterocycles. The molecule has 0 fully saturated rings. The average molecular weight is 465 g/mol. The first-order chi connectivity index (χ1) is 16.4. The molecular formula is C27H36N4O3. The molecule has 1 aromatic rings. The smallest absolute Gasteiger partial charge is 0.349 e. The summed E-state index contributed by atoms with van der Waals surface area (Å²) in [5, 5.41) is 0. The van der Waals surface area contributed by atoms with Gasteiger partial charge >= 0.3 is 5.69 Å². The number of nitrogens with zero attached hydrogens (tertiary/aromatic N) is 3. The van der Waals surface area contributed by atoms with Gasteiger partial charge in [-0.05, 0) is 61.4 Å². The Balaban J connectivity index is 0.00000158. The van der Waals surface area contributed by atoms with Crippen LogP contribution in [0, 0.1) is 12.8 Å². The van der Waals surface area contributed by atoms with Gasteiger partial charge in [-0.3, -0.25) is 9.78 Å². The van der Waals surface area contributed by atoms with Crippen LogP contribution in [0.15, 0.2) is 45.5 Å². The summed E-state index contributed by atoms with van der Waals surface area (Å²) < 4.78 is 8.03. The molecule has 7 nitrogen and oxygen atoms in total. The number of hydrogen-bond acceptors (Lipinski definition) is 5. The van der Waals surface area contributed by atoms with Gasteiger partial charge in [0, 0.05) is 13.0 Å². The van der Waals surface area contributed by atoms with E-state index in [0.29, 0.717) is 30.4 Å². The molecular weight excluding hydrogens is 428 g/mol. The van der Waals surface area contributed by atoms with Crippen LogP contribution in [0.25, 0.3) is 22.6 Å². The van der Waals surface area contributed by atoms with Crippen molar-refractivity contribution in [2.75, 3.05) is 6.61 Å². The predicted molar refractivity (Wildman–Crippen MR) is 138 cm³/mol. The van der Waals surface area contributed by atoms with Crippen molar-refractivity contribution in [2.45, 2.75) is 73.5 Å². The van der Waals surface area contributed by atoms with Crippen molar-refractivity contribution < 1.29 is 4.74 Å². The maximum atomic E-state index is 12.6. The topological polar surface area (TPSA) is 89.9 Å². The normalized spacial score (nSPS) is 16.3. The minimum Gasteiger partial charge on any atom is -0.376 e. The molecule has 1 N–H and O–H groups in total. The van der Waals surface area contributed by atoms with E-state index in [1.807, 2.05) is 31.4 Å². The highest BCUT2D eigenvalue weighted by Crippen LogP contribution is 2.27. The van der Waals surface area contributed by atoms with Crippen molar-refractivity contribution in [3.63, 3.8) is 0 Å². The molecule has 0 radical (unpaired) electrons. The number of H-pyrrole nitrogens is 1. The highest BCUT2D eigenvalue weighted by Gasteiger charge is 2.22. The zero-order chi connectivity index (χ0) is 24.8. The van der Waals surface area contributed by atoms with Crippen molar-refractivity contribution >= 4 is 11.0 Å². The zero-order valence-corrected chi connectivity index (χ0v) is 21.1. The Hall–Kier alpha value is -3.06. The Morgan fingerprint density at radius 2 is 1.97 bits per heavy atom. The number of aromatic amines is 1. The maximum absolute atomic E-state index is 12.6. The van der Waals surface area contributed by atoms with Crippen LogP contribution in [0.2, 0.25) is 0 Å². The lowest BCUT2D eigenvalue weighted by Crippen LogP contribution is -2.31. The van der Waals surface area contributed by atoms with Crippen LogP contribution in [-0.4, -0.2) is 32.2 Å². The summed E-state index contributed by atoms with van der Waals surface area (Å²) in [6.07, 6.45) is 9.16. The Morgan fingerprint density at radius 3 is 2.62 bits per heavy atom. The van der Waals surface area contributed by atoms with Crippen LogP contribution in [0.3, 0.4) is 0 Å². The number of ether oxygens (including phenoxy) is 1. The van der Waals surface area contributed by atoms with E-state index in [2.05, 4.69) is 60.0 Å². The van der Waals surface area contributed by atoms with Crippen LogP contribution in [0.1, 0.15) is 58.6 Å². The highest BCUT2D eigenvalue weighted by molar-refractivity contribution is 5.81. The summed E-state index contributed by atoms with van der Waals surface area (Å²) in [4.78, 5) is 35.6. The fraction of sp³-hybridized carbons (Fsp3) is 0.481. The molecule has 1 aromatic carbocycles. The average Bonchev–Trinajstić information content (AvgIpc) is 2.82. The number of nitrogens with one attached hydrogen (secondary N) is 1. The monoisotopic (exact) mass is 464 g/mol. The molecule has 2 atom stereocenters. The van der Waals surface area contributed by atoms with Crippen molar-refractivity contribution in [1.29, 1.82) is 0 Å². The predicted octanol–water partition coefficient (Wildman–Crippen LogP) is 4.80. The molecule has 0 saturated heterocycles. The van der Waals surface area contributed by atoms with Crippen LogP contribution in [0.5, 0.6) is 0 Å². The summed E-state index contributed by atoms with van der Waals surface area (Å²) in [5.41, 5.74) is 4.10. The molecule has 1 aliphatic carbocycles. The molecule has 7 heteroatoms. The number of aryl methyl sites for hydroxylation is 2. The number of allylic oxidation sites excluding steroid dienone is 3. The number of rotatable bonds is 7. The summed E-state index contributed by atoms with van der Waals surface area (Å²) in [6, 6.07) is 4.09. The van der Waals surface area contributed by atoms with E-state index in [4.69, 9.17) is 4.74 Å². The fourth-order valence-corrected chi connectivity index (χ4v) is 4.36. The van der Waals surface area contributed by atoms with Gasteiger partial charge in [-0.15, -0.1) is 0 Å². The number of benzene rings is 1. The summed E-state index contributed by atoms with van der Waals surface area (Å²) in [7, 11) is 0. The molecule has 3 aliphatic rings. The molecule has 0 amide bonds. The Bertz CT molecular complexity index is 1290. The van der Waals surface area contributed by atoms with E-state index in [1.165, 1.54) is 11.1 Å². The molecule has 2 aliphatic heterocycles. The van der Waals surface area contributed by atoms with E-state index in [-0.39, 0.29) is 11.8 Å². The van der Waals surface area contributed by atoms with Crippen molar-refractivity contribution in [3.05, 3.63) is 67.9 Å². The van der Waals surface area contributed by atoms with Gasteiger partial charge in [0.25, 0.3) is 5.56 Å². The maximum Gasteiger partial charge on any atom is 0.349 e. The standard InChI is InChI=1S/C25H30N4O3.C2H6/c1-5-18-13-20-21(11-16(18)4)29(23-22(26-20)24(30)28-25(31)27-23)14-19(32-6-2)12-17-9-7-15(3)8-10-17;1-2/h7,9-11,13,15,19H,5-6,8,12,14H2,1-4H3,(H,28,30,31);1-2H3. The minimum atomic E-state index is -0.667. The lowest BCUT2D eigenvalue weighted by Gasteiger charge is -2.24. The molecule has 0 aromatic heterocycles. The first kappa shape index (κ1) is 25.6. The SMILES string of the molecule is CC.CCOC(CC1=CCC(C)C=C1)Cn1c2nc(=O)[nH]c(=O)c-2nc2cc(CC)c(C)cc21. The Kier molecular flexibility index (Phi) is 8.56. The first-order valence-electron chi connectivity index (χ1n) is 12.3. The highest BCUT2D eigenvalue weighted by atomic mass is 16.5. The third-order valence-electron chi connectivity index (χ3n) is 6.09. The van der Waals surface area contributed by atoms with Crippen LogP contribution >= 0.6 is 0 Å². The van der Waals surface area contributed by atoms with Gasteiger partial charge in [0.15, 0.2) is 11.5 Å². The summed E-state index contributed by atoms with van der Waals surface area (Å²) in [6.45, 7) is 13.4. The third-order valence-corrected chi connectivity index (χ3v) is 6.09. The van der Waals surface area contributed by atoms with Gasteiger partial charge in [-0.25, -0.2) is 9.78 Å². The minimum absolute atomic E-state index is 0.134. The van der Waals surface area contributed by atoms with Crippen molar-refractivity contribution in [3.8, 4) is 11.5 Å². The fourth-order valence-electron chi connectivity index (χ4n) is 4.36. The van der Waals surface area contributed by atoms with Gasteiger partial charge in [-0.2, -0.15) is 4.98 Å². The van der Waals surface area contributed by atoms with Gasteiger partial charge in [0.1, 0.15) is 0 Å².